The zero-order chi connectivity index (χ0) is 15.6. The van der Waals surface area contributed by atoms with Crippen molar-refractivity contribution in [2.75, 3.05) is 24.6 Å². The first-order valence-corrected chi connectivity index (χ1v) is 8.17. The number of H-pyrrole nitrogens is 1. The molecule has 3 heterocycles. The molecule has 1 aromatic carbocycles. The third kappa shape index (κ3) is 2.70. The molecule has 0 unspecified atom stereocenters. The van der Waals surface area contributed by atoms with E-state index >= 15 is 0 Å². The molecule has 0 amide bonds. The molecule has 4 rings (SSSR count). The second-order valence-corrected chi connectivity index (χ2v) is 6.04. The van der Waals surface area contributed by atoms with Crippen LogP contribution in [-0.4, -0.2) is 44.6 Å². The number of para-hydroxylation sites is 2. The summed E-state index contributed by atoms with van der Waals surface area (Å²) in [6, 6.07) is 10.2. The molecular weight excluding hydrogens is 290 g/mol. The lowest BCUT2D eigenvalue weighted by Crippen LogP contribution is -2.34. The lowest BCUT2D eigenvalue weighted by molar-refractivity contribution is 0.265. The molecule has 1 aliphatic rings. The molecule has 1 saturated heterocycles. The minimum absolute atomic E-state index is 0.131. The van der Waals surface area contributed by atoms with E-state index in [-0.39, 0.29) is 6.61 Å². The van der Waals surface area contributed by atoms with Crippen molar-refractivity contribution in [2.24, 2.45) is 0 Å². The van der Waals surface area contributed by atoms with Crippen molar-refractivity contribution in [3.05, 3.63) is 42.2 Å². The number of aromatic amines is 1. The standard InChI is InChI=1S/C17H21N5O/c23-12-11-22-16(5-8-18-22)13-6-9-21(10-7-13)17-19-14-3-1-2-4-15(14)20-17/h1-5,8,13,23H,6-7,9-12H2,(H,19,20). The van der Waals surface area contributed by atoms with Gasteiger partial charge in [0.2, 0.25) is 5.95 Å². The van der Waals surface area contributed by atoms with E-state index in [9.17, 15) is 0 Å². The molecule has 2 aromatic heterocycles. The van der Waals surface area contributed by atoms with Crippen LogP contribution in [0.1, 0.15) is 24.5 Å². The Bertz CT molecular complexity index is 752. The maximum Gasteiger partial charge on any atom is 0.203 e. The maximum absolute atomic E-state index is 9.14. The van der Waals surface area contributed by atoms with Crippen LogP contribution in [0.25, 0.3) is 11.0 Å². The molecule has 0 bridgehead atoms. The highest BCUT2D eigenvalue weighted by Crippen LogP contribution is 2.30. The van der Waals surface area contributed by atoms with Crippen LogP contribution < -0.4 is 4.90 Å². The van der Waals surface area contributed by atoms with Gasteiger partial charge in [0, 0.05) is 30.9 Å². The first-order chi connectivity index (χ1) is 11.3. The van der Waals surface area contributed by atoms with Crippen molar-refractivity contribution in [2.45, 2.75) is 25.3 Å². The number of aromatic nitrogens is 4. The second-order valence-electron chi connectivity index (χ2n) is 6.04. The molecule has 23 heavy (non-hydrogen) atoms. The Hall–Kier alpha value is -2.34. The van der Waals surface area contributed by atoms with Crippen molar-refractivity contribution < 1.29 is 5.11 Å². The predicted molar refractivity (Wildman–Crippen MR) is 89.6 cm³/mol. The first kappa shape index (κ1) is 14.3. The molecule has 0 aliphatic carbocycles. The SMILES string of the molecule is OCCn1nccc1C1CCN(c2nc3ccccc3[nH]2)CC1. The number of rotatable bonds is 4. The average molecular weight is 311 g/mol. The van der Waals surface area contributed by atoms with Gasteiger partial charge in [0.15, 0.2) is 0 Å². The van der Waals surface area contributed by atoms with Gasteiger partial charge >= 0.3 is 0 Å². The Balaban J connectivity index is 1.47. The Morgan fingerprint density at radius 2 is 2.00 bits per heavy atom. The highest BCUT2D eigenvalue weighted by atomic mass is 16.3. The van der Waals surface area contributed by atoms with E-state index in [0.717, 1.165) is 42.9 Å². The molecule has 0 atom stereocenters. The molecular formula is C17H21N5O. The van der Waals surface area contributed by atoms with Crippen LogP contribution in [0.5, 0.6) is 0 Å². The number of aliphatic hydroxyl groups excluding tert-OH is 1. The summed E-state index contributed by atoms with van der Waals surface area (Å²) in [6.45, 7) is 2.67. The fourth-order valence-electron chi connectivity index (χ4n) is 3.45. The Morgan fingerprint density at radius 3 is 2.78 bits per heavy atom. The number of hydrogen-bond donors (Lipinski definition) is 2. The smallest absolute Gasteiger partial charge is 0.203 e. The number of anilines is 1. The average Bonchev–Trinajstić information content (AvgIpc) is 3.22. The van der Waals surface area contributed by atoms with Gasteiger partial charge in [-0.15, -0.1) is 0 Å². The molecule has 120 valence electrons. The van der Waals surface area contributed by atoms with Crippen LogP contribution in [0.3, 0.4) is 0 Å². The first-order valence-electron chi connectivity index (χ1n) is 8.17. The number of hydrogen-bond acceptors (Lipinski definition) is 4. The van der Waals surface area contributed by atoms with Gasteiger partial charge < -0.3 is 15.0 Å². The Morgan fingerprint density at radius 1 is 1.17 bits per heavy atom. The molecule has 6 nitrogen and oxygen atoms in total. The normalized spacial score (nSPS) is 16.3. The monoisotopic (exact) mass is 311 g/mol. The van der Waals surface area contributed by atoms with E-state index in [0.29, 0.717) is 12.5 Å². The molecule has 1 fully saturated rings. The molecule has 2 N–H and O–H groups in total. The summed E-state index contributed by atoms with van der Waals surface area (Å²) in [7, 11) is 0. The van der Waals surface area contributed by atoms with Crippen LogP contribution >= 0.6 is 0 Å². The number of imidazole rings is 1. The van der Waals surface area contributed by atoms with Gasteiger partial charge in [-0.1, -0.05) is 12.1 Å². The predicted octanol–water partition coefficient (Wildman–Crippen LogP) is 2.14. The van der Waals surface area contributed by atoms with E-state index in [1.807, 2.05) is 29.1 Å². The van der Waals surface area contributed by atoms with Crippen molar-refractivity contribution in [3.8, 4) is 0 Å². The van der Waals surface area contributed by atoms with Crippen LogP contribution in [0, 0.1) is 0 Å². The van der Waals surface area contributed by atoms with Gasteiger partial charge in [-0.3, -0.25) is 4.68 Å². The fourth-order valence-corrected chi connectivity index (χ4v) is 3.45. The van der Waals surface area contributed by atoms with Crippen molar-refractivity contribution in [1.29, 1.82) is 0 Å². The number of nitrogens with zero attached hydrogens (tertiary/aromatic N) is 4. The van der Waals surface area contributed by atoms with Crippen molar-refractivity contribution in [3.63, 3.8) is 0 Å². The largest absolute Gasteiger partial charge is 0.394 e. The summed E-state index contributed by atoms with van der Waals surface area (Å²) in [6.07, 6.45) is 3.99. The van der Waals surface area contributed by atoms with Gasteiger partial charge in [-0.05, 0) is 31.0 Å². The minimum atomic E-state index is 0.131. The topological polar surface area (TPSA) is 70.0 Å². The minimum Gasteiger partial charge on any atom is -0.394 e. The fraction of sp³-hybridized carbons (Fsp3) is 0.412. The molecule has 0 spiro atoms. The number of benzene rings is 1. The number of fused-ring (bicyclic) bond motifs is 1. The summed E-state index contributed by atoms with van der Waals surface area (Å²) in [5.74, 6) is 1.47. The van der Waals surface area contributed by atoms with Crippen molar-refractivity contribution >= 4 is 17.0 Å². The van der Waals surface area contributed by atoms with Gasteiger partial charge in [-0.2, -0.15) is 5.10 Å². The van der Waals surface area contributed by atoms with Gasteiger partial charge in [0.25, 0.3) is 0 Å². The molecule has 3 aromatic rings. The summed E-state index contributed by atoms with van der Waals surface area (Å²) < 4.78 is 1.93. The number of piperidine rings is 1. The van der Waals surface area contributed by atoms with Crippen LogP contribution in [0.4, 0.5) is 5.95 Å². The second kappa shape index (κ2) is 6.04. The van der Waals surface area contributed by atoms with E-state index in [1.165, 1.54) is 5.69 Å². The van der Waals surface area contributed by atoms with E-state index in [4.69, 9.17) is 10.1 Å². The Labute approximate surface area is 134 Å². The lowest BCUT2D eigenvalue weighted by Gasteiger charge is -2.32. The maximum atomic E-state index is 9.14. The summed E-state index contributed by atoms with van der Waals surface area (Å²) in [5, 5.41) is 13.5. The van der Waals surface area contributed by atoms with Crippen molar-refractivity contribution in [1.82, 2.24) is 19.7 Å². The highest BCUT2D eigenvalue weighted by Gasteiger charge is 2.24. The van der Waals surface area contributed by atoms with E-state index in [1.54, 1.807) is 0 Å². The summed E-state index contributed by atoms with van der Waals surface area (Å²) in [4.78, 5) is 10.4. The molecule has 0 radical (unpaired) electrons. The third-order valence-electron chi connectivity index (χ3n) is 4.65. The molecule has 6 heteroatoms. The van der Waals surface area contributed by atoms with Crippen LogP contribution in [0.15, 0.2) is 36.5 Å². The van der Waals surface area contributed by atoms with Gasteiger partial charge in [0.05, 0.1) is 24.2 Å². The van der Waals surface area contributed by atoms with Gasteiger partial charge in [0.1, 0.15) is 0 Å². The van der Waals surface area contributed by atoms with E-state index in [2.05, 4.69) is 27.1 Å². The molecule has 0 saturated carbocycles. The third-order valence-corrected chi connectivity index (χ3v) is 4.65. The number of aliphatic hydroxyl groups is 1. The Kier molecular flexibility index (Phi) is 3.75. The van der Waals surface area contributed by atoms with Gasteiger partial charge in [-0.25, -0.2) is 4.98 Å². The lowest BCUT2D eigenvalue weighted by atomic mass is 9.93. The zero-order valence-corrected chi connectivity index (χ0v) is 13.0. The highest BCUT2D eigenvalue weighted by molar-refractivity contribution is 5.77. The van der Waals surface area contributed by atoms with Crippen LogP contribution in [0.2, 0.25) is 0 Å². The van der Waals surface area contributed by atoms with E-state index < -0.39 is 0 Å². The molecule has 1 aliphatic heterocycles. The summed E-state index contributed by atoms with van der Waals surface area (Å²) in [5.41, 5.74) is 3.35. The zero-order valence-electron chi connectivity index (χ0n) is 13.0. The quantitative estimate of drug-likeness (QED) is 0.774. The van der Waals surface area contributed by atoms with Crippen LogP contribution in [-0.2, 0) is 6.54 Å². The number of nitrogens with one attached hydrogen (secondary N) is 1. The summed E-state index contributed by atoms with van der Waals surface area (Å²) >= 11 is 0.